The minimum Gasteiger partial charge on any atom is -0.458 e. The molecule has 40 heavy (non-hydrogen) atoms. The quantitative estimate of drug-likeness (QED) is 0.252. The third kappa shape index (κ3) is 3.82. The smallest absolute Gasteiger partial charge is 0.338 e. The maximum atomic E-state index is 13.1. The summed E-state index contributed by atoms with van der Waals surface area (Å²) in [5.74, 6) is 3.65. The molecule has 5 aliphatic carbocycles. The number of hydrogen-bond donors (Lipinski definition) is 0. The van der Waals surface area contributed by atoms with Crippen LogP contribution in [0.1, 0.15) is 129 Å². The third-order valence-corrected chi connectivity index (χ3v) is 14.8. The van der Waals surface area contributed by atoms with Crippen LogP contribution in [-0.2, 0) is 4.74 Å². The molecule has 0 aliphatic heterocycles. The predicted octanol–water partition coefficient (Wildman–Crippen LogP) is 10.3. The van der Waals surface area contributed by atoms with Crippen molar-refractivity contribution in [2.24, 2.45) is 56.7 Å². The van der Waals surface area contributed by atoms with Crippen LogP contribution in [-0.4, -0.2) is 12.1 Å². The molecule has 5 saturated carbocycles. The zero-order valence-electron chi connectivity index (χ0n) is 26.7. The highest BCUT2D eigenvalue weighted by atomic mass is 16.5. The molecule has 0 radical (unpaired) electrons. The molecule has 0 amide bonds. The highest BCUT2D eigenvalue weighted by Crippen LogP contribution is 2.89. The van der Waals surface area contributed by atoms with Crippen LogP contribution in [0.25, 0.3) is 0 Å². The van der Waals surface area contributed by atoms with E-state index in [4.69, 9.17) is 4.74 Å². The van der Waals surface area contributed by atoms with Gasteiger partial charge < -0.3 is 4.74 Å². The number of carbonyl (C=O) groups is 1. The molecule has 0 saturated heterocycles. The van der Waals surface area contributed by atoms with E-state index in [1.807, 2.05) is 30.3 Å². The van der Waals surface area contributed by atoms with E-state index < -0.39 is 0 Å². The Morgan fingerprint density at radius 3 is 2.25 bits per heavy atom. The summed E-state index contributed by atoms with van der Waals surface area (Å²) in [6.45, 7) is 21.9. The molecular weight excluding hydrogens is 488 g/mol. The van der Waals surface area contributed by atoms with E-state index in [1.165, 1.54) is 69.8 Å². The number of ether oxygens (including phenoxy) is 1. The van der Waals surface area contributed by atoms with Gasteiger partial charge in [0.2, 0.25) is 0 Å². The molecule has 0 bridgehead atoms. The van der Waals surface area contributed by atoms with Crippen molar-refractivity contribution in [3.05, 3.63) is 48.0 Å². The van der Waals surface area contributed by atoms with Gasteiger partial charge in [0.25, 0.3) is 0 Å². The van der Waals surface area contributed by atoms with Gasteiger partial charge in [-0.05, 0) is 134 Å². The Morgan fingerprint density at radius 2 is 1.55 bits per heavy atom. The summed E-state index contributed by atoms with van der Waals surface area (Å²) in [6.07, 6.45) is 14.7. The number of benzene rings is 1. The van der Waals surface area contributed by atoms with E-state index in [-0.39, 0.29) is 17.5 Å². The van der Waals surface area contributed by atoms with Gasteiger partial charge in [-0.25, -0.2) is 4.79 Å². The molecule has 5 aliphatic rings. The number of carbonyl (C=O) groups excluding carboxylic acids is 1. The molecule has 9 unspecified atom stereocenters. The van der Waals surface area contributed by atoms with Crippen LogP contribution >= 0.6 is 0 Å². The Morgan fingerprint density at radius 1 is 0.875 bits per heavy atom. The van der Waals surface area contributed by atoms with Crippen LogP contribution in [0.15, 0.2) is 42.5 Å². The van der Waals surface area contributed by atoms with Gasteiger partial charge in [0, 0.05) is 5.41 Å². The molecule has 0 heterocycles. The van der Waals surface area contributed by atoms with Gasteiger partial charge in [-0.15, -0.1) is 0 Å². The van der Waals surface area contributed by atoms with E-state index >= 15 is 0 Å². The molecule has 0 N–H and O–H groups in total. The average Bonchev–Trinajstić information content (AvgIpc) is 3.51. The highest BCUT2D eigenvalue weighted by Gasteiger charge is 2.82. The Hall–Kier alpha value is -1.57. The van der Waals surface area contributed by atoms with Gasteiger partial charge in [0.1, 0.15) is 6.10 Å². The summed E-state index contributed by atoms with van der Waals surface area (Å²) in [7, 11) is 0. The fourth-order valence-electron chi connectivity index (χ4n) is 12.2. The van der Waals surface area contributed by atoms with Crippen molar-refractivity contribution in [1.29, 1.82) is 0 Å². The molecule has 1 aromatic rings. The Kier molecular flexibility index (Phi) is 6.76. The summed E-state index contributed by atoms with van der Waals surface area (Å²) < 4.78 is 6.29. The Balaban J connectivity index is 1.20. The molecule has 9 atom stereocenters. The average molecular weight is 545 g/mol. The van der Waals surface area contributed by atoms with Crippen LogP contribution < -0.4 is 0 Å². The van der Waals surface area contributed by atoms with E-state index in [2.05, 4.69) is 55.0 Å². The van der Waals surface area contributed by atoms with Gasteiger partial charge in [0.05, 0.1) is 5.56 Å². The van der Waals surface area contributed by atoms with Crippen LogP contribution in [0.4, 0.5) is 0 Å². The molecule has 5 fully saturated rings. The molecular formula is C38H56O2. The zero-order valence-corrected chi connectivity index (χ0v) is 26.7. The van der Waals surface area contributed by atoms with Gasteiger partial charge in [-0.1, -0.05) is 78.8 Å². The minimum absolute atomic E-state index is 0.0202. The summed E-state index contributed by atoms with van der Waals surface area (Å²) in [5, 5.41) is 0. The molecule has 0 aromatic heterocycles. The summed E-state index contributed by atoms with van der Waals surface area (Å²) in [4.78, 5) is 13.1. The van der Waals surface area contributed by atoms with Crippen molar-refractivity contribution in [2.45, 2.75) is 125 Å². The lowest BCUT2D eigenvalue weighted by Crippen LogP contribution is -2.58. The molecule has 1 aromatic carbocycles. The second-order valence-corrected chi connectivity index (χ2v) is 16.6. The van der Waals surface area contributed by atoms with Crippen LogP contribution in [0, 0.1) is 56.7 Å². The highest BCUT2D eigenvalue weighted by molar-refractivity contribution is 5.89. The third-order valence-electron chi connectivity index (χ3n) is 14.8. The van der Waals surface area contributed by atoms with Crippen molar-refractivity contribution >= 4 is 5.97 Å². The molecule has 2 spiro atoms. The first-order valence-electron chi connectivity index (χ1n) is 16.8. The number of rotatable bonds is 7. The van der Waals surface area contributed by atoms with E-state index in [9.17, 15) is 4.79 Å². The number of esters is 1. The maximum absolute atomic E-state index is 13.1. The minimum atomic E-state index is -0.141. The van der Waals surface area contributed by atoms with Gasteiger partial charge in [0.15, 0.2) is 0 Å². The molecule has 6 rings (SSSR count). The number of hydrogen-bond acceptors (Lipinski definition) is 2. The summed E-state index contributed by atoms with van der Waals surface area (Å²) >= 11 is 0. The fraction of sp³-hybridized carbons (Fsp3) is 0.763. The zero-order chi connectivity index (χ0) is 28.7. The normalized spacial score (nSPS) is 43.6. The van der Waals surface area contributed by atoms with E-state index in [0.29, 0.717) is 39.1 Å². The fourth-order valence-corrected chi connectivity index (χ4v) is 12.2. The molecule has 2 heteroatoms. The van der Waals surface area contributed by atoms with Crippen LogP contribution in [0.5, 0.6) is 0 Å². The Labute approximate surface area is 245 Å². The SMILES string of the molecule is C=C(CCC(C)C1CCC2(C)C3CCC4C(C)(C)C(OC(=O)c5ccccc5)CCC45CC35CCC12C)C(C)C. The van der Waals surface area contributed by atoms with E-state index in [1.54, 1.807) is 0 Å². The van der Waals surface area contributed by atoms with Gasteiger partial charge in [-0.2, -0.15) is 0 Å². The van der Waals surface area contributed by atoms with Crippen molar-refractivity contribution in [1.82, 2.24) is 0 Å². The maximum Gasteiger partial charge on any atom is 0.338 e. The lowest BCUT2D eigenvalue weighted by molar-refractivity contribution is -0.162. The Bertz CT molecular complexity index is 1150. The summed E-state index contributed by atoms with van der Waals surface area (Å²) in [6, 6.07) is 9.60. The van der Waals surface area contributed by atoms with Crippen molar-refractivity contribution in [2.75, 3.05) is 0 Å². The van der Waals surface area contributed by atoms with Gasteiger partial charge >= 0.3 is 5.97 Å². The first kappa shape index (κ1) is 28.5. The first-order valence-corrected chi connectivity index (χ1v) is 16.8. The first-order chi connectivity index (χ1) is 18.8. The van der Waals surface area contributed by atoms with E-state index in [0.717, 1.165) is 24.2 Å². The lowest BCUT2D eigenvalue weighted by Gasteiger charge is -2.63. The predicted molar refractivity (Wildman–Crippen MR) is 165 cm³/mol. The van der Waals surface area contributed by atoms with Crippen molar-refractivity contribution < 1.29 is 9.53 Å². The lowest BCUT2D eigenvalue weighted by atomic mass is 9.41. The second kappa shape index (κ2) is 9.47. The summed E-state index contributed by atoms with van der Waals surface area (Å²) in [5.41, 5.74) is 4.11. The van der Waals surface area contributed by atoms with Crippen LogP contribution in [0.3, 0.4) is 0 Å². The molecule has 220 valence electrons. The van der Waals surface area contributed by atoms with Crippen molar-refractivity contribution in [3.63, 3.8) is 0 Å². The van der Waals surface area contributed by atoms with Gasteiger partial charge in [-0.3, -0.25) is 0 Å². The monoisotopic (exact) mass is 544 g/mol. The number of fused-ring (bicyclic) bond motifs is 2. The number of allylic oxidation sites excluding steroid dienone is 1. The topological polar surface area (TPSA) is 26.3 Å². The largest absolute Gasteiger partial charge is 0.458 e. The van der Waals surface area contributed by atoms with Crippen molar-refractivity contribution in [3.8, 4) is 0 Å². The standard InChI is InChI=1S/C38H56O2/c1-25(2)26(3)14-15-27(4)29-18-20-36(8)31-17-16-30-34(5,6)32(40-33(39)28-12-10-9-11-13-28)19-21-37(30)24-38(31,37)23-22-35(29,36)7/h9-13,25,27,29-32H,3,14-24H2,1-2,4-8H3. The molecule has 2 nitrogen and oxygen atoms in total. The second-order valence-electron chi connectivity index (χ2n) is 16.6. The van der Waals surface area contributed by atoms with Crippen LogP contribution in [0.2, 0.25) is 0 Å².